The zero-order valence-electron chi connectivity index (χ0n) is 20.6. The lowest BCUT2D eigenvalue weighted by atomic mass is 9.92. The van der Waals surface area contributed by atoms with E-state index >= 15 is 0 Å². The van der Waals surface area contributed by atoms with Gasteiger partial charge in [0.1, 0.15) is 12.6 Å². The predicted octanol–water partition coefficient (Wildman–Crippen LogP) is 4.65. The largest absolute Gasteiger partial charge is 0.480 e. The highest BCUT2D eigenvalue weighted by molar-refractivity contribution is 5.84. The molecule has 7 heteroatoms. The number of carbonyl (C=O) groups excluding carboxylic acids is 2. The molecule has 1 heterocycles. The highest BCUT2D eigenvalue weighted by Crippen LogP contribution is 2.44. The Morgan fingerprint density at radius 2 is 1.63 bits per heavy atom. The Morgan fingerprint density at radius 1 is 1.03 bits per heavy atom. The lowest BCUT2D eigenvalue weighted by Gasteiger charge is -2.37. The van der Waals surface area contributed by atoms with Crippen LogP contribution in [0.4, 0.5) is 4.79 Å². The monoisotopic (exact) mass is 478 g/mol. The lowest BCUT2D eigenvalue weighted by molar-refractivity contribution is -0.153. The summed E-state index contributed by atoms with van der Waals surface area (Å²) in [5, 5.41) is 12.4. The number of nitrogens with one attached hydrogen (secondary N) is 1. The molecule has 1 saturated heterocycles. The minimum atomic E-state index is -0.976. The van der Waals surface area contributed by atoms with Crippen LogP contribution in [-0.2, 0) is 14.3 Å². The first kappa shape index (κ1) is 24.8. The Balaban J connectivity index is 1.39. The van der Waals surface area contributed by atoms with Gasteiger partial charge in [0, 0.05) is 24.9 Å². The second kappa shape index (κ2) is 10.5. The first-order valence-corrected chi connectivity index (χ1v) is 12.4. The molecule has 2 aliphatic rings. The van der Waals surface area contributed by atoms with Crippen LogP contribution in [0.1, 0.15) is 57.1 Å². The summed E-state index contributed by atoms with van der Waals surface area (Å²) in [7, 11) is 0. The van der Waals surface area contributed by atoms with Crippen molar-refractivity contribution in [1.29, 1.82) is 0 Å². The Morgan fingerprint density at radius 3 is 2.20 bits per heavy atom. The van der Waals surface area contributed by atoms with E-state index in [2.05, 4.69) is 29.6 Å². The smallest absolute Gasteiger partial charge is 0.407 e. The van der Waals surface area contributed by atoms with Crippen LogP contribution < -0.4 is 5.32 Å². The number of benzene rings is 2. The average Bonchev–Trinajstić information content (AvgIpc) is 3.15. The second-order valence-corrected chi connectivity index (χ2v) is 10.1. The number of fused-ring (bicyclic) bond motifs is 3. The van der Waals surface area contributed by atoms with Crippen LogP contribution >= 0.6 is 0 Å². The molecule has 2 N–H and O–H groups in total. The first-order valence-electron chi connectivity index (χ1n) is 12.4. The summed E-state index contributed by atoms with van der Waals surface area (Å²) in [5.74, 6) is -1.04. The van der Waals surface area contributed by atoms with Gasteiger partial charge in [-0.2, -0.15) is 0 Å². The summed E-state index contributed by atoms with van der Waals surface area (Å²) in [5.41, 5.74) is 4.59. The van der Waals surface area contributed by atoms with Crippen LogP contribution in [0.5, 0.6) is 0 Å². The highest BCUT2D eigenvalue weighted by Gasteiger charge is 2.36. The molecule has 1 fully saturated rings. The molecule has 3 atom stereocenters. The fourth-order valence-corrected chi connectivity index (χ4v) is 5.24. The molecule has 1 aliphatic heterocycles. The number of aliphatic carboxylic acids is 1. The Bertz CT molecular complexity index is 1050. The summed E-state index contributed by atoms with van der Waals surface area (Å²) in [6.07, 6.45) is 0.708. The van der Waals surface area contributed by atoms with Gasteiger partial charge < -0.3 is 20.1 Å². The molecule has 0 saturated carbocycles. The Labute approximate surface area is 206 Å². The molecule has 35 heavy (non-hydrogen) atoms. The summed E-state index contributed by atoms with van der Waals surface area (Å²) in [4.78, 5) is 39.0. The van der Waals surface area contributed by atoms with Crippen molar-refractivity contribution in [1.82, 2.24) is 10.2 Å². The van der Waals surface area contributed by atoms with E-state index in [0.29, 0.717) is 13.0 Å². The van der Waals surface area contributed by atoms with Crippen molar-refractivity contribution >= 4 is 18.0 Å². The molecule has 0 bridgehead atoms. The van der Waals surface area contributed by atoms with E-state index in [1.807, 2.05) is 45.0 Å². The maximum Gasteiger partial charge on any atom is 0.407 e. The van der Waals surface area contributed by atoms with Gasteiger partial charge in [-0.25, -0.2) is 9.59 Å². The summed E-state index contributed by atoms with van der Waals surface area (Å²) >= 11 is 0. The maximum atomic E-state index is 13.1. The molecular weight excluding hydrogens is 444 g/mol. The number of piperidine rings is 1. The second-order valence-electron chi connectivity index (χ2n) is 10.1. The predicted molar refractivity (Wildman–Crippen MR) is 133 cm³/mol. The van der Waals surface area contributed by atoms with E-state index in [9.17, 15) is 19.5 Å². The maximum absolute atomic E-state index is 13.1. The van der Waals surface area contributed by atoms with Crippen molar-refractivity contribution in [3.63, 3.8) is 0 Å². The van der Waals surface area contributed by atoms with Gasteiger partial charge in [-0.3, -0.25) is 4.79 Å². The van der Waals surface area contributed by atoms with Crippen molar-refractivity contribution in [3.8, 4) is 11.1 Å². The number of ether oxygens (including phenoxy) is 1. The third-order valence-electron chi connectivity index (χ3n) is 7.27. The van der Waals surface area contributed by atoms with Crippen molar-refractivity contribution < 1.29 is 24.2 Å². The third kappa shape index (κ3) is 5.34. The van der Waals surface area contributed by atoms with Gasteiger partial charge in [-0.05, 0) is 46.9 Å². The van der Waals surface area contributed by atoms with Gasteiger partial charge in [0.25, 0.3) is 0 Å². The number of rotatable bonds is 7. The summed E-state index contributed by atoms with van der Waals surface area (Å²) < 4.78 is 5.65. The number of likely N-dealkylation sites (tertiary alicyclic amines) is 1. The number of hydrogen-bond donors (Lipinski definition) is 2. The summed E-state index contributed by atoms with van der Waals surface area (Å²) in [6, 6.07) is 15.0. The van der Waals surface area contributed by atoms with Gasteiger partial charge in [0.05, 0.1) is 0 Å². The number of alkyl carbamates (subject to hydrolysis) is 1. The quantitative estimate of drug-likeness (QED) is 0.604. The number of hydrogen-bond acceptors (Lipinski definition) is 4. The number of amides is 2. The van der Waals surface area contributed by atoms with Gasteiger partial charge in [0.2, 0.25) is 5.91 Å². The normalized spacial score (nSPS) is 20.2. The molecule has 0 aromatic heterocycles. The van der Waals surface area contributed by atoms with Crippen LogP contribution in [0.3, 0.4) is 0 Å². The van der Waals surface area contributed by atoms with E-state index in [1.54, 1.807) is 0 Å². The first-order chi connectivity index (χ1) is 16.8. The zero-order valence-corrected chi connectivity index (χ0v) is 20.6. The van der Waals surface area contributed by atoms with Crippen LogP contribution in [0, 0.1) is 11.8 Å². The number of carboxylic acids is 1. The Hall–Kier alpha value is -3.35. The topological polar surface area (TPSA) is 95.9 Å². The van der Waals surface area contributed by atoms with Crippen molar-refractivity contribution in [3.05, 3.63) is 59.7 Å². The molecule has 0 radical (unpaired) electrons. The van der Waals surface area contributed by atoms with E-state index in [0.717, 1.165) is 28.7 Å². The lowest BCUT2D eigenvalue weighted by Crippen LogP contribution is -2.52. The van der Waals surface area contributed by atoms with Crippen molar-refractivity contribution in [2.75, 3.05) is 13.2 Å². The van der Waals surface area contributed by atoms with E-state index in [4.69, 9.17) is 4.74 Å². The molecule has 2 aromatic rings. The molecule has 1 aliphatic carbocycles. The number of carbonyl (C=O) groups is 3. The van der Waals surface area contributed by atoms with Crippen LogP contribution in [0.25, 0.3) is 11.1 Å². The molecule has 186 valence electrons. The van der Waals surface area contributed by atoms with Crippen LogP contribution in [-0.4, -0.2) is 53.2 Å². The molecule has 2 unspecified atom stereocenters. The molecule has 2 aromatic carbocycles. The number of carboxylic acid groups (broad SMARTS) is 1. The molecule has 4 rings (SSSR count). The molecule has 0 spiro atoms. The fraction of sp³-hybridized carbons (Fsp3) is 0.464. The van der Waals surface area contributed by atoms with E-state index in [1.165, 1.54) is 4.90 Å². The van der Waals surface area contributed by atoms with E-state index in [-0.39, 0.29) is 36.7 Å². The Kier molecular flexibility index (Phi) is 7.43. The molecule has 7 nitrogen and oxygen atoms in total. The zero-order chi connectivity index (χ0) is 25.1. The van der Waals surface area contributed by atoms with E-state index < -0.39 is 24.1 Å². The van der Waals surface area contributed by atoms with Crippen molar-refractivity contribution in [2.45, 2.75) is 58.0 Å². The number of nitrogens with zero attached hydrogens (tertiary/aromatic N) is 1. The molecular formula is C28H34N2O5. The van der Waals surface area contributed by atoms with Gasteiger partial charge in [-0.15, -0.1) is 0 Å². The fourth-order valence-electron chi connectivity index (χ4n) is 5.24. The third-order valence-corrected chi connectivity index (χ3v) is 7.27. The van der Waals surface area contributed by atoms with Crippen molar-refractivity contribution in [2.24, 2.45) is 11.8 Å². The molecule has 2 amide bonds. The standard InChI is InChI=1S/C28H34N2O5/c1-17(2)24(14-26(31)30-15-18(3)12-13-25(30)27(32)33)29-28(34)35-16-23-21-10-6-4-8-19(21)20-9-5-7-11-22(20)23/h4-11,17-18,23-25H,12-16H2,1-3H3,(H,29,34)(H,32,33)/t18?,24-,25?/m1/s1. The minimum Gasteiger partial charge on any atom is -0.480 e. The summed E-state index contributed by atoms with van der Waals surface area (Å²) in [6.45, 7) is 6.49. The highest BCUT2D eigenvalue weighted by atomic mass is 16.5. The minimum absolute atomic E-state index is 0.0232. The van der Waals surface area contributed by atoms with Gasteiger partial charge in [0.15, 0.2) is 0 Å². The van der Waals surface area contributed by atoms with Gasteiger partial charge >= 0.3 is 12.1 Å². The van der Waals surface area contributed by atoms with Gasteiger partial charge in [-0.1, -0.05) is 69.3 Å². The average molecular weight is 479 g/mol. The van der Waals surface area contributed by atoms with Crippen LogP contribution in [0.15, 0.2) is 48.5 Å². The SMILES string of the molecule is CC1CCC(C(=O)O)N(C(=O)C[C@@H](NC(=O)OCC2c3ccccc3-c3ccccc32)C(C)C)C1. The van der Waals surface area contributed by atoms with Crippen LogP contribution in [0.2, 0.25) is 0 Å².